The number of nitrogens with zero attached hydrogens (tertiary/aromatic N) is 1. The molecule has 0 unspecified atom stereocenters. The van der Waals surface area contributed by atoms with E-state index in [0.29, 0.717) is 11.1 Å². The van der Waals surface area contributed by atoms with Crippen molar-refractivity contribution in [2.24, 2.45) is 5.92 Å². The Balaban J connectivity index is 1.94. The number of carbonyl (C=O) groups excluding carboxylic acids is 1. The van der Waals surface area contributed by atoms with Crippen molar-refractivity contribution in [3.05, 3.63) is 35.1 Å². The van der Waals surface area contributed by atoms with Crippen LogP contribution in [0.3, 0.4) is 0 Å². The summed E-state index contributed by atoms with van der Waals surface area (Å²) in [5.74, 6) is -0.337. The van der Waals surface area contributed by atoms with Crippen LogP contribution in [-0.4, -0.2) is 11.9 Å². The lowest BCUT2D eigenvalue weighted by Gasteiger charge is -2.25. The smallest absolute Gasteiger partial charge is 0.251 e. The highest BCUT2D eigenvalue weighted by Crippen LogP contribution is 2.23. The maximum Gasteiger partial charge on any atom is 0.251 e. The predicted molar refractivity (Wildman–Crippen MR) is 70.0 cm³/mol. The summed E-state index contributed by atoms with van der Waals surface area (Å²) in [7, 11) is 0. The van der Waals surface area contributed by atoms with Crippen molar-refractivity contribution >= 4 is 5.91 Å². The maximum absolute atomic E-state index is 13.1. The lowest BCUT2D eigenvalue weighted by atomic mass is 9.87. The Morgan fingerprint density at radius 1 is 1.37 bits per heavy atom. The first-order valence-corrected chi connectivity index (χ1v) is 6.57. The fraction of sp³-hybridized carbons (Fsp3) is 0.467. The van der Waals surface area contributed by atoms with Gasteiger partial charge >= 0.3 is 0 Å². The van der Waals surface area contributed by atoms with E-state index in [0.717, 1.165) is 25.7 Å². The average molecular weight is 260 g/mol. The molecular weight excluding hydrogens is 243 g/mol. The minimum atomic E-state index is -0.300. The molecule has 19 heavy (non-hydrogen) atoms. The van der Waals surface area contributed by atoms with Crippen LogP contribution in [0.25, 0.3) is 0 Å². The van der Waals surface area contributed by atoms with Gasteiger partial charge in [-0.1, -0.05) is 0 Å². The van der Waals surface area contributed by atoms with Gasteiger partial charge in [0.1, 0.15) is 5.82 Å². The summed E-state index contributed by atoms with van der Waals surface area (Å²) >= 11 is 0. The van der Waals surface area contributed by atoms with Crippen molar-refractivity contribution in [1.29, 1.82) is 5.26 Å². The number of aryl methyl sites for hydroxylation is 1. The van der Waals surface area contributed by atoms with Crippen LogP contribution in [0, 0.1) is 30.0 Å². The van der Waals surface area contributed by atoms with Crippen LogP contribution in [0.4, 0.5) is 4.39 Å². The molecule has 0 spiro atoms. The van der Waals surface area contributed by atoms with Crippen molar-refractivity contribution in [2.75, 3.05) is 0 Å². The van der Waals surface area contributed by atoms with E-state index in [2.05, 4.69) is 11.4 Å². The summed E-state index contributed by atoms with van der Waals surface area (Å²) in [5, 5.41) is 11.8. The Kier molecular flexibility index (Phi) is 4.16. The zero-order chi connectivity index (χ0) is 13.8. The van der Waals surface area contributed by atoms with Gasteiger partial charge < -0.3 is 5.32 Å². The summed E-state index contributed by atoms with van der Waals surface area (Å²) in [6.07, 6.45) is 3.35. The fourth-order valence-electron chi connectivity index (χ4n) is 2.42. The van der Waals surface area contributed by atoms with Crippen LogP contribution in [0.5, 0.6) is 0 Å². The molecule has 1 N–H and O–H groups in total. The molecule has 1 fully saturated rings. The van der Waals surface area contributed by atoms with Crippen molar-refractivity contribution < 1.29 is 9.18 Å². The van der Waals surface area contributed by atoms with E-state index in [4.69, 9.17) is 5.26 Å². The van der Waals surface area contributed by atoms with Crippen molar-refractivity contribution in [3.8, 4) is 6.07 Å². The van der Waals surface area contributed by atoms with Crippen LogP contribution in [-0.2, 0) is 0 Å². The summed E-state index contributed by atoms with van der Waals surface area (Å²) in [6.45, 7) is 1.64. The molecule has 0 aromatic heterocycles. The molecule has 0 radical (unpaired) electrons. The van der Waals surface area contributed by atoms with Gasteiger partial charge in [0.15, 0.2) is 0 Å². The second kappa shape index (κ2) is 5.83. The highest BCUT2D eigenvalue weighted by atomic mass is 19.1. The minimum absolute atomic E-state index is 0.126. The first kappa shape index (κ1) is 13.5. The van der Waals surface area contributed by atoms with Crippen LogP contribution < -0.4 is 5.32 Å². The van der Waals surface area contributed by atoms with E-state index in [-0.39, 0.29) is 23.7 Å². The third-order valence-corrected chi connectivity index (χ3v) is 3.67. The number of hydrogen-bond acceptors (Lipinski definition) is 2. The van der Waals surface area contributed by atoms with Gasteiger partial charge in [0.05, 0.1) is 6.07 Å². The molecule has 1 aromatic rings. The highest BCUT2D eigenvalue weighted by Gasteiger charge is 2.22. The third kappa shape index (κ3) is 3.31. The molecule has 0 aliphatic heterocycles. The zero-order valence-corrected chi connectivity index (χ0v) is 10.9. The fourth-order valence-corrected chi connectivity index (χ4v) is 2.42. The summed E-state index contributed by atoms with van der Waals surface area (Å²) in [4.78, 5) is 12.0. The number of nitrogens with one attached hydrogen (secondary N) is 1. The second-order valence-electron chi connectivity index (χ2n) is 5.12. The predicted octanol–water partition coefficient (Wildman–Crippen LogP) is 2.95. The van der Waals surface area contributed by atoms with E-state index in [9.17, 15) is 9.18 Å². The molecule has 100 valence electrons. The SMILES string of the molecule is Cc1cc(C(=O)NC2CCC(C#N)CC2)ccc1F. The van der Waals surface area contributed by atoms with Crippen molar-refractivity contribution in [2.45, 2.75) is 38.6 Å². The molecular formula is C15H17FN2O. The summed E-state index contributed by atoms with van der Waals surface area (Å²) in [5.41, 5.74) is 0.960. The largest absolute Gasteiger partial charge is 0.349 e. The normalized spacial score (nSPS) is 22.6. The second-order valence-corrected chi connectivity index (χ2v) is 5.12. The molecule has 4 heteroatoms. The Bertz CT molecular complexity index is 513. The molecule has 0 heterocycles. The molecule has 0 bridgehead atoms. The van der Waals surface area contributed by atoms with Gasteiger partial charge in [-0.15, -0.1) is 0 Å². The Hall–Kier alpha value is -1.89. The third-order valence-electron chi connectivity index (χ3n) is 3.67. The molecule has 1 aliphatic carbocycles. The number of hydrogen-bond donors (Lipinski definition) is 1. The van der Waals surface area contributed by atoms with Gasteiger partial charge in [0.2, 0.25) is 0 Å². The van der Waals surface area contributed by atoms with E-state index in [1.165, 1.54) is 12.1 Å². The molecule has 1 aromatic carbocycles. The molecule has 3 nitrogen and oxygen atoms in total. The van der Waals surface area contributed by atoms with Crippen LogP contribution >= 0.6 is 0 Å². The first-order chi connectivity index (χ1) is 9.10. The molecule has 1 aliphatic rings. The highest BCUT2D eigenvalue weighted by molar-refractivity contribution is 5.94. The topological polar surface area (TPSA) is 52.9 Å². The van der Waals surface area contributed by atoms with Gasteiger partial charge in [-0.25, -0.2) is 4.39 Å². The van der Waals surface area contributed by atoms with E-state index in [1.807, 2.05) is 0 Å². The van der Waals surface area contributed by atoms with E-state index < -0.39 is 0 Å². The number of amides is 1. The lowest BCUT2D eigenvalue weighted by molar-refractivity contribution is 0.0925. The van der Waals surface area contributed by atoms with Gasteiger partial charge in [0.25, 0.3) is 5.91 Å². The number of benzene rings is 1. The zero-order valence-electron chi connectivity index (χ0n) is 10.9. The van der Waals surface area contributed by atoms with Crippen molar-refractivity contribution in [1.82, 2.24) is 5.32 Å². The number of halogens is 1. The Labute approximate surface area is 112 Å². The van der Waals surface area contributed by atoms with Gasteiger partial charge in [-0.3, -0.25) is 4.79 Å². The lowest BCUT2D eigenvalue weighted by Crippen LogP contribution is -2.37. The summed E-state index contributed by atoms with van der Waals surface area (Å²) in [6, 6.07) is 6.77. The standard InChI is InChI=1S/C15H17FN2O/c1-10-8-12(4-7-14(10)16)15(19)18-13-5-2-11(9-17)3-6-13/h4,7-8,11,13H,2-3,5-6H2,1H3,(H,18,19). The number of nitriles is 1. The number of carbonyl (C=O) groups is 1. The van der Waals surface area contributed by atoms with Gasteiger partial charge in [-0.05, 0) is 56.4 Å². The van der Waals surface area contributed by atoms with Crippen LogP contribution in [0.15, 0.2) is 18.2 Å². The van der Waals surface area contributed by atoms with Crippen molar-refractivity contribution in [3.63, 3.8) is 0 Å². The Morgan fingerprint density at radius 2 is 2.05 bits per heavy atom. The summed E-state index contributed by atoms with van der Waals surface area (Å²) < 4.78 is 13.1. The van der Waals surface area contributed by atoms with Gasteiger partial charge in [0, 0.05) is 17.5 Å². The number of rotatable bonds is 2. The monoisotopic (exact) mass is 260 g/mol. The minimum Gasteiger partial charge on any atom is -0.349 e. The van der Waals surface area contributed by atoms with E-state index >= 15 is 0 Å². The Morgan fingerprint density at radius 3 is 2.63 bits per heavy atom. The van der Waals surface area contributed by atoms with Crippen LogP contribution in [0.2, 0.25) is 0 Å². The molecule has 0 saturated heterocycles. The quantitative estimate of drug-likeness (QED) is 0.888. The molecule has 2 rings (SSSR count). The van der Waals surface area contributed by atoms with Gasteiger partial charge in [-0.2, -0.15) is 5.26 Å². The maximum atomic E-state index is 13.1. The van der Waals surface area contributed by atoms with Crippen LogP contribution in [0.1, 0.15) is 41.6 Å². The molecule has 1 saturated carbocycles. The molecule has 0 atom stereocenters. The van der Waals surface area contributed by atoms with E-state index in [1.54, 1.807) is 13.0 Å². The molecule has 1 amide bonds. The first-order valence-electron chi connectivity index (χ1n) is 6.57. The average Bonchev–Trinajstić information content (AvgIpc) is 2.42.